The van der Waals surface area contributed by atoms with Crippen LogP contribution in [0.1, 0.15) is 6.92 Å². The molecule has 8 heteroatoms. The number of nitrogens with one attached hydrogen (secondary N) is 1. The van der Waals surface area contributed by atoms with E-state index < -0.39 is 0 Å². The Morgan fingerprint density at radius 1 is 1.30 bits per heavy atom. The molecule has 0 radical (unpaired) electrons. The van der Waals surface area contributed by atoms with Gasteiger partial charge in [-0.3, -0.25) is 14.9 Å². The summed E-state index contributed by atoms with van der Waals surface area (Å²) in [7, 11) is 0. The van der Waals surface area contributed by atoms with Crippen LogP contribution in [-0.2, 0) is 9.59 Å². The summed E-state index contributed by atoms with van der Waals surface area (Å²) in [5.74, 6) is -0.0961. The van der Waals surface area contributed by atoms with Crippen molar-refractivity contribution in [1.29, 1.82) is 0 Å². The molecule has 0 aliphatic carbocycles. The van der Waals surface area contributed by atoms with Crippen LogP contribution >= 0.6 is 23.4 Å². The summed E-state index contributed by atoms with van der Waals surface area (Å²) in [5, 5.41) is 10.4. The molecule has 0 saturated carbocycles. The maximum atomic E-state index is 11.5. The number of carbonyl (C=O) groups excluding carboxylic acids is 2. The molecule has 0 bridgehead atoms. The quantitative estimate of drug-likeness (QED) is 0.934. The fraction of sp³-hybridized carbons (Fsp3) is 0.167. The molecule has 1 aromatic carbocycles. The van der Waals surface area contributed by atoms with Gasteiger partial charge in [0.25, 0.3) is 0 Å². The van der Waals surface area contributed by atoms with Crippen molar-refractivity contribution in [3.63, 3.8) is 0 Å². The SMILES string of the molecule is CC(=O)SCC(=O)Nc1nnc(-c2ccc(Cl)cc2)o1. The number of benzene rings is 1. The van der Waals surface area contributed by atoms with Gasteiger partial charge in [-0.05, 0) is 24.3 Å². The Kier molecular flexibility index (Phi) is 4.75. The molecule has 0 aliphatic rings. The van der Waals surface area contributed by atoms with E-state index in [4.69, 9.17) is 16.0 Å². The van der Waals surface area contributed by atoms with Crippen LogP contribution in [0.2, 0.25) is 5.02 Å². The van der Waals surface area contributed by atoms with E-state index in [9.17, 15) is 9.59 Å². The standard InChI is InChI=1S/C12H10ClN3O3S/c1-7(17)20-6-10(18)14-12-16-15-11(19-12)8-2-4-9(13)5-3-8/h2-5H,6H2,1H3,(H,14,16,18). The fourth-order valence-electron chi connectivity index (χ4n) is 1.31. The number of amides is 1. The van der Waals surface area contributed by atoms with Gasteiger partial charge in [0.15, 0.2) is 5.12 Å². The first kappa shape index (κ1) is 14.5. The molecule has 1 aromatic heterocycles. The second kappa shape index (κ2) is 6.53. The lowest BCUT2D eigenvalue weighted by molar-refractivity contribution is -0.114. The molecule has 1 N–H and O–H groups in total. The number of anilines is 1. The number of nitrogens with zero attached hydrogens (tertiary/aromatic N) is 2. The van der Waals surface area contributed by atoms with E-state index in [-0.39, 0.29) is 28.7 Å². The van der Waals surface area contributed by atoms with Crippen molar-refractivity contribution in [1.82, 2.24) is 10.2 Å². The van der Waals surface area contributed by atoms with Crippen LogP contribution in [0.25, 0.3) is 11.5 Å². The van der Waals surface area contributed by atoms with E-state index in [1.54, 1.807) is 24.3 Å². The van der Waals surface area contributed by atoms with Crippen LogP contribution in [0.4, 0.5) is 6.01 Å². The molecule has 2 rings (SSSR count). The number of aromatic nitrogens is 2. The third kappa shape index (κ3) is 4.07. The molecule has 0 spiro atoms. The Hall–Kier alpha value is -1.86. The highest BCUT2D eigenvalue weighted by atomic mass is 35.5. The van der Waals surface area contributed by atoms with E-state index >= 15 is 0 Å². The van der Waals surface area contributed by atoms with Crippen LogP contribution in [-0.4, -0.2) is 27.0 Å². The van der Waals surface area contributed by atoms with Gasteiger partial charge in [-0.2, -0.15) is 0 Å². The van der Waals surface area contributed by atoms with Crippen LogP contribution < -0.4 is 5.32 Å². The largest absolute Gasteiger partial charge is 0.403 e. The van der Waals surface area contributed by atoms with Crippen molar-refractivity contribution in [2.45, 2.75) is 6.92 Å². The third-order valence-corrected chi connectivity index (χ3v) is 3.23. The maximum absolute atomic E-state index is 11.5. The van der Waals surface area contributed by atoms with E-state index in [1.807, 2.05) is 0 Å². The monoisotopic (exact) mass is 311 g/mol. The van der Waals surface area contributed by atoms with Gasteiger partial charge in [0, 0.05) is 17.5 Å². The molecule has 20 heavy (non-hydrogen) atoms. The molecule has 0 fully saturated rings. The maximum Gasteiger partial charge on any atom is 0.322 e. The Labute approximate surface area is 123 Å². The smallest absolute Gasteiger partial charge is 0.322 e. The molecular weight excluding hydrogens is 302 g/mol. The molecular formula is C12H10ClN3O3S. The van der Waals surface area contributed by atoms with Crippen LogP contribution in [0.15, 0.2) is 28.7 Å². The zero-order valence-corrected chi connectivity index (χ0v) is 12.0. The average molecular weight is 312 g/mol. The summed E-state index contributed by atoms with van der Waals surface area (Å²) in [4.78, 5) is 22.2. The first-order chi connectivity index (χ1) is 9.54. The van der Waals surface area contributed by atoms with Crippen molar-refractivity contribution >= 4 is 40.4 Å². The highest BCUT2D eigenvalue weighted by Gasteiger charge is 2.11. The van der Waals surface area contributed by atoms with E-state index in [1.165, 1.54) is 6.92 Å². The number of rotatable bonds is 4. The second-order valence-corrected chi connectivity index (χ2v) is 5.34. The first-order valence-corrected chi connectivity index (χ1v) is 6.93. The number of hydrogen-bond acceptors (Lipinski definition) is 6. The molecule has 0 unspecified atom stereocenters. The predicted octanol–water partition coefficient (Wildman–Crippen LogP) is 2.61. The molecule has 2 aromatic rings. The van der Waals surface area contributed by atoms with Gasteiger partial charge in [0.05, 0.1) is 5.75 Å². The van der Waals surface area contributed by atoms with E-state index in [2.05, 4.69) is 15.5 Å². The van der Waals surface area contributed by atoms with Crippen molar-refractivity contribution < 1.29 is 14.0 Å². The van der Waals surface area contributed by atoms with Gasteiger partial charge in [-0.1, -0.05) is 28.5 Å². The molecule has 1 heterocycles. The Morgan fingerprint density at radius 2 is 2.00 bits per heavy atom. The number of halogens is 1. The topological polar surface area (TPSA) is 85.1 Å². The van der Waals surface area contributed by atoms with Crippen LogP contribution in [0, 0.1) is 0 Å². The van der Waals surface area contributed by atoms with Crippen molar-refractivity contribution in [3.8, 4) is 11.5 Å². The minimum absolute atomic E-state index is 0.00793. The van der Waals surface area contributed by atoms with Gasteiger partial charge in [-0.15, -0.1) is 5.10 Å². The van der Waals surface area contributed by atoms with Gasteiger partial charge >= 0.3 is 6.01 Å². The minimum Gasteiger partial charge on any atom is -0.403 e. The summed E-state index contributed by atoms with van der Waals surface area (Å²) < 4.78 is 5.30. The highest BCUT2D eigenvalue weighted by molar-refractivity contribution is 8.14. The lowest BCUT2D eigenvalue weighted by atomic mass is 10.2. The Morgan fingerprint density at radius 3 is 2.65 bits per heavy atom. The van der Waals surface area contributed by atoms with Gasteiger partial charge < -0.3 is 4.42 Å². The summed E-state index contributed by atoms with van der Waals surface area (Å²) in [6.45, 7) is 1.39. The van der Waals surface area contributed by atoms with E-state index in [0.717, 1.165) is 11.8 Å². The first-order valence-electron chi connectivity index (χ1n) is 5.57. The number of hydrogen-bond donors (Lipinski definition) is 1. The summed E-state index contributed by atoms with van der Waals surface area (Å²) in [5.41, 5.74) is 0.695. The molecule has 1 amide bonds. The van der Waals surface area contributed by atoms with Gasteiger partial charge in [0.1, 0.15) is 0 Å². The van der Waals surface area contributed by atoms with Crippen molar-refractivity contribution in [2.24, 2.45) is 0 Å². The number of thioether (sulfide) groups is 1. The normalized spacial score (nSPS) is 10.3. The van der Waals surface area contributed by atoms with Gasteiger partial charge in [0.2, 0.25) is 11.8 Å². The van der Waals surface area contributed by atoms with Crippen LogP contribution in [0.5, 0.6) is 0 Å². The van der Waals surface area contributed by atoms with Gasteiger partial charge in [-0.25, -0.2) is 0 Å². The van der Waals surface area contributed by atoms with Crippen LogP contribution in [0.3, 0.4) is 0 Å². The molecule has 6 nitrogen and oxygen atoms in total. The lowest BCUT2D eigenvalue weighted by Crippen LogP contribution is -2.15. The minimum atomic E-state index is -0.378. The zero-order valence-electron chi connectivity index (χ0n) is 10.4. The zero-order chi connectivity index (χ0) is 14.5. The van der Waals surface area contributed by atoms with Crippen molar-refractivity contribution in [2.75, 3.05) is 11.1 Å². The van der Waals surface area contributed by atoms with Crippen molar-refractivity contribution in [3.05, 3.63) is 29.3 Å². The summed E-state index contributed by atoms with van der Waals surface area (Å²) in [6, 6.07) is 6.84. The number of carbonyl (C=O) groups is 2. The lowest BCUT2D eigenvalue weighted by Gasteiger charge is -1.98. The second-order valence-electron chi connectivity index (χ2n) is 3.75. The molecule has 0 aliphatic heterocycles. The summed E-state index contributed by atoms with van der Waals surface area (Å²) >= 11 is 6.69. The highest BCUT2D eigenvalue weighted by Crippen LogP contribution is 2.21. The van der Waals surface area contributed by atoms with E-state index in [0.29, 0.717) is 10.6 Å². The molecule has 0 atom stereocenters. The Bertz CT molecular complexity index is 627. The third-order valence-electron chi connectivity index (χ3n) is 2.17. The molecule has 0 saturated heterocycles. The fourth-order valence-corrected chi connectivity index (χ4v) is 1.84. The summed E-state index contributed by atoms with van der Waals surface area (Å²) in [6.07, 6.45) is 0. The average Bonchev–Trinajstić information content (AvgIpc) is 2.85. The Balaban J connectivity index is 2.00. The molecule has 104 valence electrons. The predicted molar refractivity (Wildman–Crippen MR) is 76.5 cm³/mol.